The van der Waals surface area contributed by atoms with Crippen molar-refractivity contribution in [1.29, 1.82) is 0 Å². The van der Waals surface area contributed by atoms with E-state index in [0.29, 0.717) is 19.6 Å². The van der Waals surface area contributed by atoms with Crippen LogP contribution in [0.4, 0.5) is 0 Å². The number of rotatable bonds is 12. The molecule has 1 fully saturated rings. The van der Waals surface area contributed by atoms with Gasteiger partial charge in [0.2, 0.25) is 0 Å². The first kappa shape index (κ1) is 24.2. The number of hydrogen-bond acceptors (Lipinski definition) is 7. The molecule has 3 unspecified atom stereocenters. The fourth-order valence-corrected chi connectivity index (χ4v) is 3.52. The van der Waals surface area contributed by atoms with Crippen LogP contribution in [-0.2, 0) is 39.8 Å². The molecule has 0 saturated carbocycles. The van der Waals surface area contributed by atoms with Crippen LogP contribution < -0.4 is 0 Å². The SMILES string of the molecule is COC(CC(OCOCc1ccccc1)C1(C)COC(C)(C)O1)C(C)(OC)OC. The van der Waals surface area contributed by atoms with Gasteiger partial charge in [-0.25, -0.2) is 0 Å². The Morgan fingerprint density at radius 2 is 1.72 bits per heavy atom. The van der Waals surface area contributed by atoms with Crippen molar-refractivity contribution >= 4 is 0 Å². The van der Waals surface area contributed by atoms with E-state index in [1.165, 1.54) is 0 Å². The molecule has 7 heteroatoms. The number of ether oxygens (including phenoxy) is 7. The summed E-state index contributed by atoms with van der Waals surface area (Å²) in [5.41, 5.74) is 0.417. The molecule has 1 aliphatic heterocycles. The lowest BCUT2D eigenvalue weighted by molar-refractivity contribution is -0.269. The number of hydrogen-bond donors (Lipinski definition) is 0. The second-order valence-electron chi connectivity index (χ2n) is 8.09. The Balaban J connectivity index is 2.06. The molecule has 1 aromatic carbocycles. The molecule has 0 radical (unpaired) electrons. The van der Waals surface area contributed by atoms with Crippen molar-refractivity contribution in [1.82, 2.24) is 0 Å². The lowest BCUT2D eigenvalue weighted by Gasteiger charge is -2.39. The first-order valence-electron chi connectivity index (χ1n) is 9.88. The molecule has 7 nitrogen and oxygen atoms in total. The lowest BCUT2D eigenvalue weighted by atomic mass is 9.92. The van der Waals surface area contributed by atoms with E-state index in [2.05, 4.69) is 0 Å². The summed E-state index contributed by atoms with van der Waals surface area (Å²) in [6.07, 6.45) is -0.283. The Morgan fingerprint density at radius 3 is 2.24 bits per heavy atom. The van der Waals surface area contributed by atoms with Crippen molar-refractivity contribution in [3.05, 3.63) is 35.9 Å². The van der Waals surface area contributed by atoms with Crippen LogP contribution in [0.3, 0.4) is 0 Å². The first-order chi connectivity index (χ1) is 13.7. The van der Waals surface area contributed by atoms with Crippen LogP contribution >= 0.6 is 0 Å². The van der Waals surface area contributed by atoms with Crippen molar-refractivity contribution in [2.75, 3.05) is 34.7 Å². The summed E-state index contributed by atoms with van der Waals surface area (Å²) in [6.45, 7) is 8.58. The predicted molar refractivity (Wildman–Crippen MR) is 108 cm³/mol. The Bertz CT molecular complexity index is 602. The summed E-state index contributed by atoms with van der Waals surface area (Å²) in [5, 5.41) is 0. The normalized spacial score (nSPS) is 23.8. The molecule has 0 aromatic heterocycles. The third-order valence-corrected chi connectivity index (χ3v) is 5.44. The van der Waals surface area contributed by atoms with Crippen LogP contribution in [-0.4, -0.2) is 64.1 Å². The molecular formula is C22H36O7. The number of benzene rings is 1. The minimum absolute atomic E-state index is 0.117. The first-order valence-corrected chi connectivity index (χ1v) is 9.88. The van der Waals surface area contributed by atoms with Crippen molar-refractivity contribution in [3.8, 4) is 0 Å². The maximum atomic E-state index is 6.20. The molecule has 166 valence electrons. The zero-order chi connectivity index (χ0) is 21.5. The highest BCUT2D eigenvalue weighted by Gasteiger charge is 2.50. The van der Waals surface area contributed by atoms with E-state index in [1.807, 2.05) is 58.0 Å². The van der Waals surface area contributed by atoms with Gasteiger partial charge in [-0.15, -0.1) is 0 Å². The number of methoxy groups -OCH3 is 3. The molecule has 1 saturated heterocycles. The topological polar surface area (TPSA) is 64.6 Å². The van der Waals surface area contributed by atoms with Gasteiger partial charge in [-0.3, -0.25) is 0 Å². The molecule has 1 aromatic rings. The molecule has 29 heavy (non-hydrogen) atoms. The van der Waals surface area contributed by atoms with E-state index in [4.69, 9.17) is 33.2 Å². The Hall–Kier alpha value is -1.06. The highest BCUT2D eigenvalue weighted by atomic mass is 16.8. The van der Waals surface area contributed by atoms with Gasteiger partial charge in [0.05, 0.1) is 19.3 Å². The summed E-state index contributed by atoms with van der Waals surface area (Å²) < 4.78 is 40.7. The standard InChI is InChI=1S/C22H36O7/c1-20(2)28-15-21(3,29-20)18(13-19(23-5)22(4,24-6)25-7)27-16-26-14-17-11-9-8-10-12-17/h8-12,18-19H,13-16H2,1-7H3. The molecule has 0 bridgehead atoms. The van der Waals surface area contributed by atoms with Gasteiger partial charge in [-0.1, -0.05) is 30.3 Å². The van der Waals surface area contributed by atoms with Gasteiger partial charge in [0.15, 0.2) is 11.6 Å². The average molecular weight is 413 g/mol. The molecule has 3 atom stereocenters. The zero-order valence-corrected chi connectivity index (χ0v) is 18.7. The van der Waals surface area contributed by atoms with Gasteiger partial charge in [-0.05, 0) is 33.3 Å². The Labute approximate surface area is 174 Å². The third kappa shape index (κ3) is 6.46. The van der Waals surface area contributed by atoms with Crippen molar-refractivity contribution in [2.45, 2.75) is 70.1 Å². The average Bonchev–Trinajstić information content (AvgIpc) is 3.01. The van der Waals surface area contributed by atoms with Gasteiger partial charge in [0.1, 0.15) is 18.5 Å². The van der Waals surface area contributed by atoms with E-state index in [1.54, 1.807) is 21.3 Å². The summed E-state index contributed by atoms with van der Waals surface area (Å²) in [7, 11) is 4.81. The van der Waals surface area contributed by atoms with Crippen molar-refractivity contribution in [3.63, 3.8) is 0 Å². The van der Waals surface area contributed by atoms with E-state index in [-0.39, 0.29) is 19.0 Å². The smallest absolute Gasteiger partial charge is 0.191 e. The monoisotopic (exact) mass is 412 g/mol. The molecular weight excluding hydrogens is 376 g/mol. The highest BCUT2D eigenvalue weighted by Crippen LogP contribution is 2.37. The van der Waals surface area contributed by atoms with Crippen molar-refractivity contribution in [2.24, 2.45) is 0 Å². The fourth-order valence-electron chi connectivity index (χ4n) is 3.52. The molecule has 0 amide bonds. The molecule has 1 aliphatic rings. The van der Waals surface area contributed by atoms with Crippen LogP contribution in [0.15, 0.2) is 30.3 Å². The summed E-state index contributed by atoms with van der Waals surface area (Å²) in [4.78, 5) is 0. The largest absolute Gasteiger partial charge is 0.376 e. The van der Waals surface area contributed by atoms with Crippen molar-refractivity contribution < 1.29 is 33.2 Å². The van der Waals surface area contributed by atoms with Crippen LogP contribution in [0.1, 0.15) is 39.7 Å². The van der Waals surface area contributed by atoms with E-state index < -0.39 is 17.2 Å². The Morgan fingerprint density at radius 1 is 1.07 bits per heavy atom. The van der Waals surface area contributed by atoms with Crippen LogP contribution in [0, 0.1) is 0 Å². The zero-order valence-electron chi connectivity index (χ0n) is 18.7. The molecule has 2 rings (SSSR count). The maximum Gasteiger partial charge on any atom is 0.191 e. The quantitative estimate of drug-likeness (QED) is 0.384. The molecule has 0 aliphatic carbocycles. The second kappa shape index (κ2) is 10.3. The highest BCUT2D eigenvalue weighted by molar-refractivity contribution is 5.13. The summed E-state index contributed by atoms with van der Waals surface area (Å²) in [5.74, 6) is -1.61. The fraction of sp³-hybridized carbons (Fsp3) is 0.727. The second-order valence-corrected chi connectivity index (χ2v) is 8.09. The van der Waals surface area contributed by atoms with Gasteiger partial charge in [-0.2, -0.15) is 0 Å². The lowest BCUT2D eigenvalue weighted by Crippen LogP contribution is -2.52. The minimum Gasteiger partial charge on any atom is -0.376 e. The summed E-state index contributed by atoms with van der Waals surface area (Å²) in [6, 6.07) is 9.96. The minimum atomic E-state index is -0.924. The van der Waals surface area contributed by atoms with E-state index in [0.717, 1.165) is 5.56 Å². The van der Waals surface area contributed by atoms with E-state index >= 15 is 0 Å². The molecule has 0 N–H and O–H groups in total. The maximum absolute atomic E-state index is 6.20. The Kier molecular flexibility index (Phi) is 8.60. The van der Waals surface area contributed by atoms with Gasteiger partial charge < -0.3 is 33.2 Å². The summed E-state index contributed by atoms with van der Waals surface area (Å²) >= 11 is 0. The van der Waals surface area contributed by atoms with Gasteiger partial charge in [0.25, 0.3) is 0 Å². The van der Waals surface area contributed by atoms with Crippen LogP contribution in [0.5, 0.6) is 0 Å². The van der Waals surface area contributed by atoms with Crippen LogP contribution in [0.25, 0.3) is 0 Å². The van der Waals surface area contributed by atoms with Gasteiger partial charge >= 0.3 is 0 Å². The van der Waals surface area contributed by atoms with Crippen LogP contribution in [0.2, 0.25) is 0 Å². The molecule has 0 spiro atoms. The third-order valence-electron chi connectivity index (χ3n) is 5.44. The molecule has 1 heterocycles. The predicted octanol–water partition coefficient (Wildman–Crippen LogP) is 3.50. The van der Waals surface area contributed by atoms with E-state index in [9.17, 15) is 0 Å². The van der Waals surface area contributed by atoms with Gasteiger partial charge in [0, 0.05) is 27.8 Å².